The molecular weight excluding hydrogens is 190 g/mol. The average molecular weight is 213 g/mol. The molecule has 2 aliphatic rings. The topological polar surface area (TPSA) is 25.0 Å². The highest BCUT2D eigenvalue weighted by atomic mass is 16.8. The molecule has 3 heteroatoms. The minimum absolute atomic E-state index is 0.0228. The van der Waals surface area contributed by atoms with Gasteiger partial charge in [0.25, 0.3) is 0 Å². The van der Waals surface area contributed by atoms with Crippen LogP contribution < -0.4 is 0 Å². The number of epoxide rings is 1. The van der Waals surface area contributed by atoms with Crippen molar-refractivity contribution in [2.24, 2.45) is 5.92 Å². The fourth-order valence-corrected chi connectivity index (χ4v) is 3.06. The number of hydrogen-bond donors (Lipinski definition) is 0. The minimum atomic E-state index is 0.0228. The van der Waals surface area contributed by atoms with Crippen molar-refractivity contribution < 1.29 is 9.47 Å². The third kappa shape index (κ3) is 2.19. The van der Waals surface area contributed by atoms with Crippen molar-refractivity contribution in [2.75, 3.05) is 13.7 Å². The molecule has 2 fully saturated rings. The molecule has 0 saturated carbocycles. The Hall–Kier alpha value is -0.120. The van der Waals surface area contributed by atoms with Gasteiger partial charge in [-0.15, -0.1) is 0 Å². The van der Waals surface area contributed by atoms with Crippen molar-refractivity contribution in [3.05, 3.63) is 0 Å². The van der Waals surface area contributed by atoms with Crippen molar-refractivity contribution in [1.82, 2.24) is 4.90 Å². The van der Waals surface area contributed by atoms with Gasteiger partial charge in [0.2, 0.25) is 0 Å². The molecule has 3 atom stereocenters. The summed E-state index contributed by atoms with van der Waals surface area (Å²) in [5.74, 6) is 0.746. The second kappa shape index (κ2) is 4.04. The zero-order valence-corrected chi connectivity index (χ0v) is 10.3. The van der Waals surface area contributed by atoms with Crippen molar-refractivity contribution in [1.29, 1.82) is 0 Å². The second-order valence-electron chi connectivity index (χ2n) is 5.52. The van der Waals surface area contributed by atoms with Crippen LogP contribution in [0.2, 0.25) is 0 Å². The summed E-state index contributed by atoms with van der Waals surface area (Å²) in [5.41, 5.74) is 0.326. The Kier molecular flexibility index (Phi) is 3.06. The quantitative estimate of drug-likeness (QED) is 0.669. The first-order valence-corrected chi connectivity index (χ1v) is 6.02. The maximum Gasteiger partial charge on any atom is 0.199 e. The zero-order valence-electron chi connectivity index (χ0n) is 10.3. The van der Waals surface area contributed by atoms with E-state index in [9.17, 15) is 0 Å². The summed E-state index contributed by atoms with van der Waals surface area (Å²) < 4.78 is 10.8. The highest BCUT2D eigenvalue weighted by Gasteiger charge is 2.52. The Balaban J connectivity index is 1.98. The van der Waals surface area contributed by atoms with Gasteiger partial charge in [-0.2, -0.15) is 0 Å². The molecule has 0 N–H and O–H groups in total. The van der Waals surface area contributed by atoms with Crippen LogP contribution >= 0.6 is 0 Å². The molecule has 0 amide bonds. The molecule has 2 heterocycles. The SMILES string of the molecule is COC1OC1N1CCCC1(C)CC(C)C. The van der Waals surface area contributed by atoms with E-state index in [0.717, 1.165) is 12.5 Å². The summed E-state index contributed by atoms with van der Waals surface area (Å²) in [5, 5.41) is 0. The lowest BCUT2D eigenvalue weighted by atomic mass is 9.88. The molecule has 15 heavy (non-hydrogen) atoms. The van der Waals surface area contributed by atoms with Crippen molar-refractivity contribution in [3.8, 4) is 0 Å². The van der Waals surface area contributed by atoms with Gasteiger partial charge in [-0.1, -0.05) is 13.8 Å². The van der Waals surface area contributed by atoms with Gasteiger partial charge in [-0.25, -0.2) is 0 Å². The highest BCUT2D eigenvalue weighted by Crippen LogP contribution is 2.41. The van der Waals surface area contributed by atoms with Crippen LogP contribution in [0.5, 0.6) is 0 Å². The van der Waals surface area contributed by atoms with Gasteiger partial charge in [0.05, 0.1) is 0 Å². The number of rotatable bonds is 4. The first-order valence-electron chi connectivity index (χ1n) is 6.02. The third-order valence-corrected chi connectivity index (χ3v) is 3.63. The lowest BCUT2D eigenvalue weighted by molar-refractivity contribution is 0.0765. The molecule has 0 spiro atoms. The van der Waals surface area contributed by atoms with E-state index in [-0.39, 0.29) is 12.5 Å². The van der Waals surface area contributed by atoms with Gasteiger partial charge >= 0.3 is 0 Å². The van der Waals surface area contributed by atoms with E-state index in [0.29, 0.717) is 5.54 Å². The van der Waals surface area contributed by atoms with Crippen LogP contribution in [0.1, 0.15) is 40.0 Å². The van der Waals surface area contributed by atoms with Crippen LogP contribution in [0.15, 0.2) is 0 Å². The second-order valence-corrected chi connectivity index (χ2v) is 5.52. The van der Waals surface area contributed by atoms with E-state index in [1.165, 1.54) is 19.3 Å². The molecule has 0 aliphatic carbocycles. The lowest BCUT2D eigenvalue weighted by Crippen LogP contribution is -2.44. The predicted octanol–water partition coefficient (Wildman–Crippen LogP) is 2.22. The Morgan fingerprint density at radius 1 is 1.53 bits per heavy atom. The Labute approximate surface area is 92.7 Å². The fraction of sp³-hybridized carbons (Fsp3) is 1.00. The molecule has 2 aliphatic heterocycles. The molecule has 2 rings (SSSR count). The van der Waals surface area contributed by atoms with Crippen molar-refractivity contribution >= 4 is 0 Å². The maximum atomic E-state index is 5.53. The van der Waals surface area contributed by atoms with Crippen LogP contribution in [-0.4, -0.2) is 36.6 Å². The summed E-state index contributed by atoms with van der Waals surface area (Å²) in [6, 6.07) is 0. The lowest BCUT2D eigenvalue weighted by Gasteiger charge is -2.35. The molecule has 3 nitrogen and oxygen atoms in total. The molecule has 2 saturated heterocycles. The maximum absolute atomic E-state index is 5.53. The van der Waals surface area contributed by atoms with E-state index < -0.39 is 0 Å². The summed E-state index contributed by atoms with van der Waals surface area (Å²) in [6.07, 6.45) is 4.08. The van der Waals surface area contributed by atoms with E-state index >= 15 is 0 Å². The van der Waals surface area contributed by atoms with Crippen LogP contribution in [0.4, 0.5) is 0 Å². The first kappa shape index (κ1) is 11.4. The Morgan fingerprint density at radius 3 is 2.80 bits per heavy atom. The molecule has 0 aromatic rings. The van der Waals surface area contributed by atoms with Gasteiger partial charge in [0.1, 0.15) is 0 Å². The van der Waals surface area contributed by atoms with E-state index in [1.54, 1.807) is 7.11 Å². The van der Waals surface area contributed by atoms with Gasteiger partial charge in [-0.3, -0.25) is 4.90 Å². The van der Waals surface area contributed by atoms with E-state index in [2.05, 4.69) is 25.7 Å². The zero-order chi connectivity index (χ0) is 11.1. The highest BCUT2D eigenvalue weighted by molar-refractivity contribution is 4.97. The summed E-state index contributed by atoms with van der Waals surface area (Å²) in [6.45, 7) is 8.12. The van der Waals surface area contributed by atoms with Gasteiger partial charge in [0, 0.05) is 19.2 Å². The number of nitrogens with zero attached hydrogens (tertiary/aromatic N) is 1. The third-order valence-electron chi connectivity index (χ3n) is 3.63. The fourth-order valence-electron chi connectivity index (χ4n) is 3.06. The van der Waals surface area contributed by atoms with Crippen LogP contribution in [0.25, 0.3) is 0 Å². The summed E-state index contributed by atoms with van der Waals surface area (Å²) in [7, 11) is 1.72. The number of likely N-dealkylation sites (tertiary alicyclic amines) is 1. The van der Waals surface area contributed by atoms with Crippen LogP contribution in [0, 0.1) is 5.92 Å². The number of hydrogen-bond acceptors (Lipinski definition) is 3. The Morgan fingerprint density at radius 2 is 2.27 bits per heavy atom. The molecule has 0 aromatic heterocycles. The molecule has 0 aromatic carbocycles. The van der Waals surface area contributed by atoms with Crippen LogP contribution in [-0.2, 0) is 9.47 Å². The van der Waals surface area contributed by atoms with Gasteiger partial charge < -0.3 is 9.47 Å². The largest absolute Gasteiger partial charge is 0.352 e. The number of ether oxygens (including phenoxy) is 2. The molecular formula is C12H23NO2. The predicted molar refractivity (Wildman–Crippen MR) is 59.5 cm³/mol. The molecule has 3 unspecified atom stereocenters. The normalized spacial score (nSPS) is 41.4. The standard InChI is InChI=1S/C12H23NO2/c1-9(2)8-12(3)6-5-7-13(12)10-11(14-4)15-10/h9-11H,5-8H2,1-4H3. The number of methoxy groups -OCH3 is 1. The van der Waals surface area contributed by atoms with E-state index in [4.69, 9.17) is 9.47 Å². The average Bonchev–Trinajstić information content (AvgIpc) is 2.82. The monoisotopic (exact) mass is 213 g/mol. The van der Waals surface area contributed by atoms with Gasteiger partial charge in [0.15, 0.2) is 12.5 Å². The van der Waals surface area contributed by atoms with Crippen molar-refractivity contribution in [3.63, 3.8) is 0 Å². The summed E-state index contributed by atoms with van der Waals surface area (Å²) in [4.78, 5) is 2.50. The van der Waals surface area contributed by atoms with Gasteiger partial charge in [-0.05, 0) is 32.1 Å². The first-order chi connectivity index (χ1) is 7.07. The van der Waals surface area contributed by atoms with Crippen LogP contribution in [0.3, 0.4) is 0 Å². The van der Waals surface area contributed by atoms with Crippen molar-refractivity contribution in [2.45, 2.75) is 58.1 Å². The molecule has 88 valence electrons. The molecule has 0 bridgehead atoms. The summed E-state index contributed by atoms with van der Waals surface area (Å²) >= 11 is 0. The smallest absolute Gasteiger partial charge is 0.199 e. The van der Waals surface area contributed by atoms with E-state index in [1.807, 2.05) is 0 Å². The molecule has 0 radical (unpaired) electrons. The minimum Gasteiger partial charge on any atom is -0.352 e. The Bertz CT molecular complexity index is 232.